The summed E-state index contributed by atoms with van der Waals surface area (Å²) < 4.78 is 38.2. The highest BCUT2D eigenvalue weighted by Crippen LogP contribution is 2.40. The van der Waals surface area contributed by atoms with Gasteiger partial charge in [0.05, 0.1) is 11.8 Å². The van der Waals surface area contributed by atoms with Crippen molar-refractivity contribution in [1.82, 2.24) is 5.32 Å². The third-order valence-electron chi connectivity index (χ3n) is 3.62. The van der Waals surface area contributed by atoms with Gasteiger partial charge in [-0.1, -0.05) is 27.7 Å². The van der Waals surface area contributed by atoms with E-state index < -0.39 is 35.4 Å². The highest BCUT2D eigenvalue weighted by molar-refractivity contribution is 5.79. The van der Waals surface area contributed by atoms with Crippen molar-refractivity contribution in [2.45, 2.75) is 65.1 Å². The highest BCUT2D eigenvalue weighted by Gasteiger charge is 2.48. The van der Waals surface area contributed by atoms with Gasteiger partial charge >= 0.3 is 12.1 Å². The number of hydrogen-bond donors (Lipinski definition) is 2. The molecule has 0 bridgehead atoms. The lowest BCUT2D eigenvalue weighted by Gasteiger charge is -2.34. The summed E-state index contributed by atoms with van der Waals surface area (Å²) in [5, 5.41) is 11.3. The second-order valence-electron chi connectivity index (χ2n) is 5.66. The molecule has 7 heteroatoms. The summed E-state index contributed by atoms with van der Waals surface area (Å²) in [5.41, 5.74) is -3.14. The van der Waals surface area contributed by atoms with E-state index in [1.807, 2.05) is 0 Å². The normalized spacial score (nSPS) is 13.2. The van der Waals surface area contributed by atoms with E-state index in [1.54, 1.807) is 13.8 Å². The van der Waals surface area contributed by atoms with Crippen molar-refractivity contribution in [1.29, 1.82) is 0 Å². The Balaban J connectivity index is 4.92. The van der Waals surface area contributed by atoms with E-state index in [-0.39, 0.29) is 6.42 Å². The van der Waals surface area contributed by atoms with Gasteiger partial charge < -0.3 is 10.4 Å². The first-order valence-corrected chi connectivity index (χ1v) is 6.48. The first kappa shape index (κ1) is 18.7. The molecule has 0 aliphatic heterocycles. The molecular weight excluding hydrogens is 275 g/mol. The molecule has 0 fully saturated rings. The molecule has 20 heavy (non-hydrogen) atoms. The number of carboxylic acid groups (broad SMARTS) is 1. The second kappa shape index (κ2) is 6.45. The maximum Gasteiger partial charge on any atom is 0.394 e. The molecule has 0 saturated carbocycles. The number of carbonyl (C=O) groups excluding carboxylic acids is 1. The van der Waals surface area contributed by atoms with Crippen LogP contribution in [0.2, 0.25) is 0 Å². The lowest BCUT2D eigenvalue weighted by molar-refractivity contribution is -0.214. The van der Waals surface area contributed by atoms with E-state index in [1.165, 1.54) is 0 Å². The first-order chi connectivity index (χ1) is 8.89. The van der Waals surface area contributed by atoms with Crippen LogP contribution in [0.5, 0.6) is 0 Å². The number of nitrogens with one attached hydrogen (secondary N) is 1. The van der Waals surface area contributed by atoms with Gasteiger partial charge in [-0.25, -0.2) is 0 Å². The molecule has 0 rings (SSSR count). The van der Waals surface area contributed by atoms with E-state index >= 15 is 0 Å². The number of carbonyl (C=O) groups is 2. The third kappa shape index (κ3) is 5.02. The van der Waals surface area contributed by atoms with Crippen LogP contribution in [0.1, 0.15) is 53.4 Å². The Labute approximate surface area is 116 Å². The van der Waals surface area contributed by atoms with Gasteiger partial charge in [-0.05, 0) is 12.8 Å². The van der Waals surface area contributed by atoms with Crippen molar-refractivity contribution < 1.29 is 27.9 Å². The third-order valence-corrected chi connectivity index (χ3v) is 3.62. The van der Waals surface area contributed by atoms with Gasteiger partial charge in [0.15, 0.2) is 0 Å². The molecule has 0 unspecified atom stereocenters. The van der Waals surface area contributed by atoms with Gasteiger partial charge in [-0.3, -0.25) is 9.59 Å². The smallest absolute Gasteiger partial charge is 0.394 e. The summed E-state index contributed by atoms with van der Waals surface area (Å²) in [4.78, 5) is 22.6. The average molecular weight is 297 g/mol. The number of rotatable bonds is 7. The molecule has 2 N–H and O–H groups in total. The maximum atomic E-state index is 12.7. The number of aliphatic carboxylic acids is 1. The molecular formula is C13H22F3NO3. The Morgan fingerprint density at radius 1 is 1.05 bits per heavy atom. The summed E-state index contributed by atoms with van der Waals surface area (Å²) >= 11 is 0. The molecule has 0 aromatic carbocycles. The Kier molecular flexibility index (Phi) is 6.04. The van der Waals surface area contributed by atoms with Gasteiger partial charge in [0, 0.05) is 12.0 Å². The summed E-state index contributed by atoms with van der Waals surface area (Å²) in [5.74, 6) is -1.87. The molecule has 0 aliphatic rings. The van der Waals surface area contributed by atoms with Gasteiger partial charge in [-0.2, -0.15) is 13.2 Å². The highest BCUT2D eigenvalue weighted by atomic mass is 19.4. The zero-order chi connectivity index (χ0) is 16.2. The monoisotopic (exact) mass is 297 g/mol. The molecule has 1 amide bonds. The fourth-order valence-electron chi connectivity index (χ4n) is 1.85. The summed E-state index contributed by atoms with van der Waals surface area (Å²) in [7, 11) is 0. The van der Waals surface area contributed by atoms with Crippen molar-refractivity contribution in [3.05, 3.63) is 0 Å². The predicted octanol–water partition coefficient (Wildman–Crippen LogP) is 3.11. The van der Waals surface area contributed by atoms with Crippen LogP contribution in [0.3, 0.4) is 0 Å². The number of halogens is 3. The minimum absolute atomic E-state index is 0.307. The molecule has 118 valence electrons. The van der Waals surface area contributed by atoms with Crippen LogP contribution in [0.4, 0.5) is 13.2 Å². The number of hydrogen-bond acceptors (Lipinski definition) is 2. The van der Waals surface area contributed by atoms with E-state index in [0.29, 0.717) is 12.8 Å². The summed E-state index contributed by atoms with van der Waals surface area (Å²) in [6.45, 7) is 5.29. The molecule has 0 aromatic rings. The summed E-state index contributed by atoms with van der Waals surface area (Å²) in [6, 6.07) is 0. The first-order valence-electron chi connectivity index (χ1n) is 6.48. The number of alkyl halides is 3. The van der Waals surface area contributed by atoms with Crippen LogP contribution in [-0.2, 0) is 9.59 Å². The Morgan fingerprint density at radius 3 is 1.80 bits per heavy atom. The van der Waals surface area contributed by atoms with Crippen molar-refractivity contribution in [3.8, 4) is 0 Å². The van der Waals surface area contributed by atoms with E-state index in [2.05, 4.69) is 5.32 Å². The fourth-order valence-corrected chi connectivity index (χ4v) is 1.85. The van der Waals surface area contributed by atoms with Gasteiger partial charge in [0.2, 0.25) is 5.91 Å². The van der Waals surface area contributed by atoms with Crippen LogP contribution < -0.4 is 5.32 Å². The van der Waals surface area contributed by atoms with Crippen LogP contribution in [-0.4, -0.2) is 28.7 Å². The second-order valence-corrected chi connectivity index (χ2v) is 5.66. The average Bonchev–Trinajstić information content (AvgIpc) is 2.24. The Bertz CT molecular complexity index is 360. The molecule has 0 aromatic heterocycles. The predicted molar refractivity (Wildman–Crippen MR) is 68.2 cm³/mol. The van der Waals surface area contributed by atoms with Gasteiger partial charge in [0.25, 0.3) is 0 Å². The molecule has 4 nitrogen and oxygen atoms in total. The molecule has 0 atom stereocenters. The van der Waals surface area contributed by atoms with Gasteiger partial charge in [-0.15, -0.1) is 0 Å². The quantitative estimate of drug-likeness (QED) is 0.758. The fraction of sp³-hybridized carbons (Fsp3) is 0.846. The SMILES string of the molecule is CCC(CC)(CC(=O)O)NC(=O)CC(C)(C)C(F)(F)F. The zero-order valence-corrected chi connectivity index (χ0v) is 12.2. The van der Waals surface area contributed by atoms with Crippen LogP contribution in [0.25, 0.3) is 0 Å². The summed E-state index contributed by atoms with van der Waals surface area (Å²) in [6.07, 6.45) is -4.84. The van der Waals surface area contributed by atoms with E-state index in [9.17, 15) is 22.8 Å². The Morgan fingerprint density at radius 2 is 1.50 bits per heavy atom. The molecule has 0 saturated heterocycles. The van der Waals surface area contributed by atoms with Gasteiger partial charge in [0.1, 0.15) is 0 Å². The number of amides is 1. The molecule has 0 spiro atoms. The zero-order valence-electron chi connectivity index (χ0n) is 12.2. The van der Waals surface area contributed by atoms with Crippen LogP contribution >= 0.6 is 0 Å². The minimum Gasteiger partial charge on any atom is -0.481 e. The van der Waals surface area contributed by atoms with Crippen molar-refractivity contribution in [3.63, 3.8) is 0 Å². The number of carboxylic acids is 1. The largest absolute Gasteiger partial charge is 0.481 e. The molecule has 0 radical (unpaired) electrons. The van der Waals surface area contributed by atoms with E-state index in [0.717, 1.165) is 13.8 Å². The topological polar surface area (TPSA) is 66.4 Å². The van der Waals surface area contributed by atoms with Crippen molar-refractivity contribution in [2.24, 2.45) is 5.41 Å². The minimum atomic E-state index is -4.49. The van der Waals surface area contributed by atoms with Crippen LogP contribution in [0.15, 0.2) is 0 Å². The molecule has 0 heterocycles. The van der Waals surface area contributed by atoms with Crippen LogP contribution in [0, 0.1) is 5.41 Å². The van der Waals surface area contributed by atoms with E-state index in [4.69, 9.17) is 5.11 Å². The standard InChI is InChI=1S/C13H22F3NO3/c1-5-12(6-2,8-10(19)20)17-9(18)7-11(3,4)13(14,15)16/h5-8H2,1-4H3,(H,17,18)(H,19,20). The van der Waals surface area contributed by atoms with Crippen molar-refractivity contribution >= 4 is 11.9 Å². The van der Waals surface area contributed by atoms with Crippen molar-refractivity contribution in [2.75, 3.05) is 0 Å². The Hall–Kier alpha value is -1.27. The molecule has 0 aliphatic carbocycles. The maximum absolute atomic E-state index is 12.7. The lowest BCUT2D eigenvalue weighted by Crippen LogP contribution is -2.51. The lowest BCUT2D eigenvalue weighted by atomic mass is 9.85.